The van der Waals surface area contributed by atoms with Crippen molar-refractivity contribution >= 4 is 33.2 Å². The molecule has 33 heavy (non-hydrogen) atoms. The number of carbonyl (C=O) groups is 2. The van der Waals surface area contributed by atoms with Crippen LogP contribution in [0.4, 0.5) is 0 Å². The summed E-state index contributed by atoms with van der Waals surface area (Å²) in [5, 5.41) is 31.3. The molecule has 0 aliphatic heterocycles. The number of aliphatic carboxylic acids is 1. The molecule has 0 bridgehead atoms. The fourth-order valence-corrected chi connectivity index (χ4v) is 5.62. The van der Waals surface area contributed by atoms with Gasteiger partial charge in [-0.25, -0.2) is 0 Å². The highest BCUT2D eigenvalue weighted by Gasteiger charge is 2.52. The summed E-state index contributed by atoms with van der Waals surface area (Å²) in [5.74, 6) is -1.48. The average Bonchev–Trinajstić information content (AvgIpc) is 3.26. The normalized spacial score (nSPS) is 23.8. The summed E-state index contributed by atoms with van der Waals surface area (Å²) in [6.07, 6.45) is 9.10. The van der Waals surface area contributed by atoms with E-state index in [4.69, 9.17) is 5.11 Å². The Labute approximate surface area is 199 Å². The number of fused-ring (bicyclic) bond motifs is 1. The number of benzene rings is 1. The molecular weight excluding hydrogens is 436 g/mol. The molecule has 1 aromatic carbocycles. The smallest absolute Gasteiger partial charge is 0.303 e. The highest BCUT2D eigenvalue weighted by molar-refractivity contribution is 7.19. The molecule has 0 amide bonds. The van der Waals surface area contributed by atoms with E-state index >= 15 is 0 Å². The molecule has 3 N–H and O–H groups in total. The number of thiophene rings is 1. The lowest BCUT2D eigenvalue weighted by atomic mass is 9.86. The molecule has 6 heteroatoms. The van der Waals surface area contributed by atoms with Gasteiger partial charge in [0.05, 0.1) is 17.6 Å². The molecule has 5 nitrogen and oxygen atoms in total. The Bertz CT molecular complexity index is 985. The lowest BCUT2D eigenvalue weighted by Crippen LogP contribution is -2.31. The van der Waals surface area contributed by atoms with Crippen molar-refractivity contribution in [2.75, 3.05) is 0 Å². The van der Waals surface area contributed by atoms with E-state index in [1.807, 2.05) is 30.4 Å². The van der Waals surface area contributed by atoms with Crippen molar-refractivity contribution in [2.24, 2.45) is 17.3 Å². The molecule has 4 unspecified atom stereocenters. The van der Waals surface area contributed by atoms with Crippen molar-refractivity contribution in [1.29, 1.82) is 0 Å². The van der Waals surface area contributed by atoms with Crippen LogP contribution in [0.1, 0.15) is 50.8 Å². The van der Waals surface area contributed by atoms with E-state index in [-0.39, 0.29) is 24.0 Å². The Balaban J connectivity index is 1.58. The van der Waals surface area contributed by atoms with E-state index in [1.54, 1.807) is 31.3 Å². The van der Waals surface area contributed by atoms with E-state index in [0.717, 1.165) is 6.42 Å². The summed E-state index contributed by atoms with van der Waals surface area (Å²) >= 11 is 1.74. The maximum atomic E-state index is 12.9. The second kappa shape index (κ2) is 11.2. The van der Waals surface area contributed by atoms with Crippen LogP contribution < -0.4 is 0 Å². The first kappa shape index (κ1) is 25.3. The predicted molar refractivity (Wildman–Crippen MR) is 132 cm³/mol. The summed E-state index contributed by atoms with van der Waals surface area (Å²) in [6.45, 7) is 3.55. The number of hydrogen-bond donors (Lipinski definition) is 3. The summed E-state index contributed by atoms with van der Waals surface area (Å²) in [7, 11) is 0. The Kier molecular flexibility index (Phi) is 8.63. The number of aliphatic hydroxyl groups excluding tert-OH is 2. The van der Waals surface area contributed by atoms with Crippen molar-refractivity contribution in [2.45, 2.75) is 64.6 Å². The van der Waals surface area contributed by atoms with Crippen LogP contribution in [0, 0.1) is 17.3 Å². The quantitative estimate of drug-likeness (QED) is 0.312. The van der Waals surface area contributed by atoms with Gasteiger partial charge in [0.2, 0.25) is 0 Å². The van der Waals surface area contributed by atoms with E-state index in [0.29, 0.717) is 25.7 Å². The number of carbonyl (C=O) groups excluding carboxylic acids is 1. The van der Waals surface area contributed by atoms with Crippen LogP contribution in [0.2, 0.25) is 0 Å². The predicted octanol–water partition coefficient (Wildman–Crippen LogP) is 5.15. The summed E-state index contributed by atoms with van der Waals surface area (Å²) in [5.41, 5.74) is -0.834. The van der Waals surface area contributed by atoms with Crippen LogP contribution in [0.25, 0.3) is 10.1 Å². The van der Waals surface area contributed by atoms with Gasteiger partial charge in [-0.3, -0.25) is 9.59 Å². The number of rotatable bonds is 11. The minimum atomic E-state index is -0.834. The summed E-state index contributed by atoms with van der Waals surface area (Å²) in [4.78, 5) is 24.8. The maximum Gasteiger partial charge on any atom is 0.303 e. The summed E-state index contributed by atoms with van der Waals surface area (Å²) in [6, 6.07) is 10.4. The van der Waals surface area contributed by atoms with Crippen molar-refractivity contribution in [1.82, 2.24) is 0 Å². The first-order chi connectivity index (χ1) is 15.7. The van der Waals surface area contributed by atoms with E-state index in [1.165, 1.54) is 15.0 Å². The molecule has 1 fully saturated rings. The third-order valence-corrected chi connectivity index (χ3v) is 7.75. The molecule has 3 rings (SSSR count). The lowest BCUT2D eigenvalue weighted by Gasteiger charge is -2.22. The Hall–Kier alpha value is -2.28. The molecule has 4 atom stereocenters. The molecule has 178 valence electrons. The largest absolute Gasteiger partial charge is 0.481 e. The third-order valence-electron chi connectivity index (χ3n) is 6.58. The monoisotopic (exact) mass is 470 g/mol. The number of allylic oxidation sites excluding steroid dienone is 2. The van der Waals surface area contributed by atoms with Crippen LogP contribution in [-0.4, -0.2) is 39.3 Å². The zero-order valence-corrected chi connectivity index (χ0v) is 20.1. The van der Waals surface area contributed by atoms with Gasteiger partial charge in [0, 0.05) is 27.8 Å². The average molecular weight is 471 g/mol. The molecule has 1 aromatic heterocycles. The van der Waals surface area contributed by atoms with Crippen molar-refractivity contribution in [3.63, 3.8) is 0 Å². The number of aryl methyl sites for hydroxylation is 1. The zero-order chi connectivity index (χ0) is 24.0. The number of ketones is 1. The number of carboxylic acid groups (broad SMARTS) is 1. The lowest BCUT2D eigenvalue weighted by molar-refractivity contribution is -0.137. The fourth-order valence-electron chi connectivity index (χ4n) is 4.54. The first-order valence-electron chi connectivity index (χ1n) is 11.6. The molecule has 0 radical (unpaired) electrons. The van der Waals surface area contributed by atoms with Gasteiger partial charge < -0.3 is 15.3 Å². The van der Waals surface area contributed by atoms with Gasteiger partial charge in [-0.05, 0) is 49.6 Å². The van der Waals surface area contributed by atoms with Gasteiger partial charge >= 0.3 is 5.97 Å². The van der Waals surface area contributed by atoms with E-state index in [9.17, 15) is 19.8 Å². The zero-order valence-electron chi connectivity index (χ0n) is 19.3. The minimum absolute atomic E-state index is 0.0274. The highest BCUT2D eigenvalue weighted by atomic mass is 32.1. The topological polar surface area (TPSA) is 94.8 Å². The van der Waals surface area contributed by atoms with Gasteiger partial charge in [-0.15, -0.1) is 11.3 Å². The fraction of sp³-hybridized carbons (Fsp3) is 0.481. The molecule has 0 spiro atoms. The molecule has 1 aliphatic rings. The molecule has 2 aromatic rings. The van der Waals surface area contributed by atoms with Crippen molar-refractivity contribution in [3.05, 3.63) is 59.5 Å². The van der Waals surface area contributed by atoms with Crippen molar-refractivity contribution < 1.29 is 24.9 Å². The van der Waals surface area contributed by atoms with Crippen LogP contribution in [-0.2, 0) is 16.0 Å². The molecule has 1 saturated carbocycles. The Morgan fingerprint density at radius 1 is 1.24 bits per heavy atom. The van der Waals surface area contributed by atoms with Gasteiger partial charge in [0.1, 0.15) is 5.78 Å². The Morgan fingerprint density at radius 3 is 2.73 bits per heavy atom. The molecule has 1 aliphatic carbocycles. The molecular formula is C27H34O5S. The highest BCUT2D eigenvalue weighted by Crippen LogP contribution is 2.44. The van der Waals surface area contributed by atoms with Gasteiger partial charge in [0.25, 0.3) is 0 Å². The number of unbranched alkanes of at least 4 members (excludes halogenated alkanes) is 1. The Morgan fingerprint density at radius 2 is 2.00 bits per heavy atom. The van der Waals surface area contributed by atoms with Crippen LogP contribution in [0.15, 0.2) is 54.6 Å². The first-order valence-corrected chi connectivity index (χ1v) is 12.4. The van der Waals surface area contributed by atoms with E-state index < -0.39 is 23.6 Å². The van der Waals surface area contributed by atoms with Crippen LogP contribution in [0.5, 0.6) is 0 Å². The number of carboxylic acids is 1. The second-order valence-electron chi connectivity index (χ2n) is 9.45. The third kappa shape index (κ3) is 6.40. The number of hydrogen-bond acceptors (Lipinski definition) is 5. The van der Waals surface area contributed by atoms with Crippen molar-refractivity contribution in [3.8, 4) is 0 Å². The molecule has 0 saturated heterocycles. The number of aliphatic hydroxyl groups is 2. The number of Topliss-reactive ketones (excluding diaryl/α,β-unsaturated/α-hetero) is 1. The standard InChI is InChI=1S/C27H34O5S/c1-27(2)25(31)21(10-5-3-4-6-12-24(29)30)22(26(27)32)16-14-19(28)13-15-20-17-18-9-7-8-11-23(18)33-20/h3,5,7-9,11,14,16-17,19,21-22,26,28,32H,4,6,10,12-13,15H2,1-2H3,(H,29,30)/b5-3-,16-14+. The maximum absolute atomic E-state index is 12.9. The summed E-state index contributed by atoms with van der Waals surface area (Å²) < 4.78 is 1.24. The van der Waals surface area contributed by atoms with Crippen LogP contribution in [0.3, 0.4) is 0 Å². The van der Waals surface area contributed by atoms with E-state index in [2.05, 4.69) is 18.2 Å². The van der Waals surface area contributed by atoms with Gasteiger partial charge in [0.15, 0.2) is 0 Å². The SMILES string of the molecule is CC1(C)C(=O)C(C/C=C\CCCC(=O)O)C(/C=C/C(O)CCc2cc3ccccc3s2)C1O. The minimum Gasteiger partial charge on any atom is -0.481 e. The van der Waals surface area contributed by atoms with Gasteiger partial charge in [-0.2, -0.15) is 0 Å². The van der Waals surface area contributed by atoms with Gasteiger partial charge in [-0.1, -0.05) is 56.4 Å². The second-order valence-corrected chi connectivity index (χ2v) is 10.6. The van der Waals surface area contributed by atoms with Crippen LogP contribution >= 0.6 is 11.3 Å². The molecule has 1 heterocycles.